The van der Waals surface area contributed by atoms with Gasteiger partial charge in [0.1, 0.15) is 28.1 Å². The predicted octanol–water partition coefficient (Wildman–Crippen LogP) is 4.13. The van der Waals surface area contributed by atoms with Crippen LogP contribution in [0.3, 0.4) is 0 Å². The van der Waals surface area contributed by atoms with Crippen LogP contribution in [-0.2, 0) is 43.5 Å². The molecule has 1 aliphatic heterocycles. The summed E-state index contributed by atoms with van der Waals surface area (Å²) < 4.78 is 81.6. The molecular weight excluding hydrogens is 515 g/mol. The van der Waals surface area contributed by atoms with Crippen molar-refractivity contribution in [2.24, 2.45) is 0 Å². The molecule has 0 unspecified atom stereocenters. The number of Topliss-reactive ketones (excluding diaryl/α,β-unsaturated/α-hetero) is 1. The Balaban J connectivity index is 2.08. The molecule has 3 rings (SSSR count). The average Bonchev–Trinajstić information content (AvgIpc) is 3.22. The molecule has 0 saturated carbocycles. The quantitative estimate of drug-likeness (QED) is 0.459. The lowest BCUT2D eigenvalue weighted by Gasteiger charge is -2.35. The Morgan fingerprint density at radius 2 is 1.89 bits per heavy atom. The number of alkyl halides is 3. The van der Waals surface area contributed by atoms with E-state index in [1.165, 1.54) is 26.0 Å². The number of hydrogen-bond acceptors (Lipinski definition) is 7. The summed E-state index contributed by atoms with van der Waals surface area (Å²) in [5, 5.41) is 3.44. The average molecular weight is 546 g/mol. The van der Waals surface area contributed by atoms with E-state index in [2.05, 4.69) is 5.10 Å². The molecule has 0 aliphatic carbocycles. The maximum Gasteiger partial charge on any atom is 0.436 e. The fraction of sp³-hybridized carbons (Fsp3) is 0.542. The van der Waals surface area contributed by atoms with Crippen molar-refractivity contribution in [3.05, 3.63) is 35.7 Å². The number of hydrogen-bond donors (Lipinski definition) is 0. The number of nitrogens with zero attached hydrogens (tertiary/aromatic N) is 3. The molecule has 1 aliphatic rings. The normalized spacial score (nSPS) is 16.2. The minimum Gasteiger partial charge on any atom is -0.486 e. The highest BCUT2D eigenvalue weighted by Gasteiger charge is 2.44. The number of aromatic nitrogens is 2. The molecule has 0 saturated heterocycles. The monoisotopic (exact) mass is 545 g/mol. The predicted molar refractivity (Wildman–Crippen MR) is 128 cm³/mol. The zero-order valence-electron chi connectivity index (χ0n) is 21.3. The zero-order chi connectivity index (χ0) is 27.8. The summed E-state index contributed by atoms with van der Waals surface area (Å²) in [5.41, 5.74) is -1.88. The second-order valence-electron chi connectivity index (χ2n) is 9.78. The van der Waals surface area contributed by atoms with Gasteiger partial charge in [-0.2, -0.15) is 18.3 Å². The highest BCUT2D eigenvalue weighted by atomic mass is 32.2. The molecule has 0 spiro atoms. The number of esters is 1. The van der Waals surface area contributed by atoms with Crippen molar-refractivity contribution in [2.75, 3.05) is 10.8 Å². The van der Waals surface area contributed by atoms with Crippen molar-refractivity contribution in [1.82, 2.24) is 9.78 Å². The number of anilines is 1. The van der Waals surface area contributed by atoms with Crippen molar-refractivity contribution in [3.8, 4) is 5.75 Å². The van der Waals surface area contributed by atoms with E-state index >= 15 is 0 Å². The van der Waals surface area contributed by atoms with Gasteiger partial charge in [-0.3, -0.25) is 13.8 Å². The van der Waals surface area contributed by atoms with E-state index in [0.29, 0.717) is 5.56 Å². The van der Waals surface area contributed by atoms with E-state index in [-0.39, 0.29) is 49.6 Å². The maximum absolute atomic E-state index is 13.7. The SMILES string of the molecule is CCn1cc(S(=O)(=O)N2C[C@H](CCC(C)=O)Oc3ccc(CC(=O)OC(C)(C)C)cc32)c(C(F)(F)F)n1. The first-order chi connectivity index (χ1) is 17.0. The molecule has 37 heavy (non-hydrogen) atoms. The second-order valence-corrected chi connectivity index (χ2v) is 11.6. The van der Waals surface area contributed by atoms with Gasteiger partial charge in [0.05, 0.1) is 18.7 Å². The van der Waals surface area contributed by atoms with Crippen molar-refractivity contribution >= 4 is 27.5 Å². The third-order valence-electron chi connectivity index (χ3n) is 5.43. The number of carbonyl (C=O) groups is 2. The fourth-order valence-corrected chi connectivity index (χ4v) is 5.48. The third kappa shape index (κ3) is 6.82. The Kier molecular flexibility index (Phi) is 7.96. The molecule has 0 N–H and O–H groups in total. The summed E-state index contributed by atoms with van der Waals surface area (Å²) >= 11 is 0. The number of sulfonamides is 1. The van der Waals surface area contributed by atoms with Crippen LogP contribution < -0.4 is 9.04 Å². The fourth-order valence-electron chi connectivity index (χ4n) is 3.82. The number of ketones is 1. The minimum absolute atomic E-state index is 0.0162. The molecule has 2 aromatic rings. The molecule has 0 bridgehead atoms. The van der Waals surface area contributed by atoms with Crippen molar-refractivity contribution in [2.45, 2.75) is 83.2 Å². The maximum atomic E-state index is 13.7. The van der Waals surface area contributed by atoms with E-state index in [1.54, 1.807) is 26.8 Å². The molecule has 1 aromatic carbocycles. The Labute approximate surface area is 213 Å². The molecule has 0 fully saturated rings. The number of aryl methyl sites for hydroxylation is 1. The van der Waals surface area contributed by atoms with E-state index in [4.69, 9.17) is 9.47 Å². The Morgan fingerprint density at radius 3 is 2.46 bits per heavy atom. The van der Waals surface area contributed by atoms with Crippen LogP contribution >= 0.6 is 0 Å². The number of ether oxygens (including phenoxy) is 2. The van der Waals surface area contributed by atoms with Crippen LogP contribution in [0.15, 0.2) is 29.3 Å². The zero-order valence-corrected chi connectivity index (χ0v) is 22.1. The first-order valence-corrected chi connectivity index (χ1v) is 13.1. The molecule has 0 amide bonds. The van der Waals surface area contributed by atoms with E-state index in [9.17, 15) is 31.2 Å². The standard InChI is InChI=1S/C24H30F3N3O6S/c1-6-29-14-20(22(28-29)24(25,26)27)37(33,34)30-13-17(9-7-15(2)31)35-19-10-8-16(11-18(19)30)12-21(32)36-23(3,4)5/h8,10-11,14,17H,6-7,9,12-13H2,1-5H3/t17-/m0/s1. The van der Waals surface area contributed by atoms with Gasteiger partial charge in [0.2, 0.25) is 0 Å². The van der Waals surface area contributed by atoms with Gasteiger partial charge >= 0.3 is 12.1 Å². The smallest absolute Gasteiger partial charge is 0.436 e. The minimum atomic E-state index is -5.01. The number of rotatable bonds is 8. The summed E-state index contributed by atoms with van der Waals surface area (Å²) in [6.07, 6.45) is -4.85. The second kappa shape index (κ2) is 10.3. The summed E-state index contributed by atoms with van der Waals surface area (Å²) in [6.45, 7) is 7.73. The van der Waals surface area contributed by atoms with Crippen LogP contribution in [0.5, 0.6) is 5.75 Å². The molecule has 2 heterocycles. The number of halogens is 3. The largest absolute Gasteiger partial charge is 0.486 e. The number of fused-ring (bicyclic) bond motifs is 1. The van der Waals surface area contributed by atoms with Gasteiger partial charge in [-0.05, 0) is 58.7 Å². The topological polar surface area (TPSA) is 108 Å². The van der Waals surface area contributed by atoms with Crippen LogP contribution in [-0.4, -0.2) is 48.2 Å². The highest BCUT2D eigenvalue weighted by Crippen LogP contribution is 2.41. The Morgan fingerprint density at radius 1 is 1.22 bits per heavy atom. The first kappa shape index (κ1) is 28.5. The van der Waals surface area contributed by atoms with Gasteiger partial charge in [-0.15, -0.1) is 0 Å². The van der Waals surface area contributed by atoms with Crippen LogP contribution in [0.1, 0.15) is 58.7 Å². The molecule has 204 valence electrons. The number of benzene rings is 1. The van der Waals surface area contributed by atoms with Gasteiger partial charge in [-0.1, -0.05) is 6.07 Å². The lowest BCUT2D eigenvalue weighted by atomic mass is 10.1. The van der Waals surface area contributed by atoms with Crippen molar-refractivity contribution in [3.63, 3.8) is 0 Å². The van der Waals surface area contributed by atoms with Gasteiger partial charge in [0.15, 0.2) is 5.69 Å². The van der Waals surface area contributed by atoms with Gasteiger partial charge < -0.3 is 14.3 Å². The first-order valence-electron chi connectivity index (χ1n) is 11.7. The van der Waals surface area contributed by atoms with Gasteiger partial charge in [0, 0.05) is 19.2 Å². The van der Waals surface area contributed by atoms with Crippen LogP contribution in [0.4, 0.5) is 18.9 Å². The summed E-state index contributed by atoms with van der Waals surface area (Å²) in [5.74, 6) is -0.589. The van der Waals surface area contributed by atoms with E-state index in [0.717, 1.165) is 15.2 Å². The number of carbonyl (C=O) groups excluding carboxylic acids is 2. The van der Waals surface area contributed by atoms with E-state index < -0.39 is 44.5 Å². The molecule has 13 heteroatoms. The van der Waals surface area contributed by atoms with Crippen LogP contribution in [0, 0.1) is 0 Å². The van der Waals surface area contributed by atoms with E-state index in [1.807, 2.05) is 0 Å². The lowest BCUT2D eigenvalue weighted by molar-refractivity contribution is -0.154. The van der Waals surface area contributed by atoms with Gasteiger partial charge in [-0.25, -0.2) is 8.42 Å². The van der Waals surface area contributed by atoms with Crippen molar-refractivity contribution in [1.29, 1.82) is 0 Å². The Hall–Kier alpha value is -3.09. The van der Waals surface area contributed by atoms with Gasteiger partial charge in [0.25, 0.3) is 10.0 Å². The summed E-state index contributed by atoms with van der Waals surface area (Å²) in [4.78, 5) is 22.8. The molecule has 1 atom stereocenters. The molecular formula is C24H30F3N3O6S. The van der Waals surface area contributed by atoms with Crippen LogP contribution in [0.2, 0.25) is 0 Å². The molecule has 1 aromatic heterocycles. The molecule has 9 nitrogen and oxygen atoms in total. The Bertz CT molecular complexity index is 1280. The van der Waals surface area contributed by atoms with Crippen LogP contribution in [0.25, 0.3) is 0 Å². The summed E-state index contributed by atoms with van der Waals surface area (Å²) in [7, 11) is -4.78. The summed E-state index contributed by atoms with van der Waals surface area (Å²) in [6, 6.07) is 4.39. The van der Waals surface area contributed by atoms with Crippen molar-refractivity contribution < 1.29 is 40.7 Å². The highest BCUT2D eigenvalue weighted by molar-refractivity contribution is 7.92. The molecule has 0 radical (unpaired) electrons. The lowest BCUT2D eigenvalue weighted by Crippen LogP contribution is -2.44. The third-order valence-corrected chi connectivity index (χ3v) is 7.21.